The Morgan fingerprint density at radius 2 is 2.00 bits per heavy atom. The highest BCUT2D eigenvalue weighted by Crippen LogP contribution is 1.90. The predicted molar refractivity (Wildman–Crippen MR) is 66.6 cm³/mol. The van der Waals surface area contributed by atoms with E-state index in [4.69, 9.17) is 4.74 Å². The van der Waals surface area contributed by atoms with Gasteiger partial charge in [-0.25, -0.2) is 4.79 Å². The van der Waals surface area contributed by atoms with Crippen LogP contribution in [0.2, 0.25) is 0 Å². The third-order valence-electron chi connectivity index (χ3n) is 2.09. The normalized spacial score (nSPS) is 10.8. The summed E-state index contributed by atoms with van der Waals surface area (Å²) in [7, 11) is 0. The van der Waals surface area contributed by atoms with Gasteiger partial charge in [-0.1, -0.05) is 13.0 Å². The summed E-state index contributed by atoms with van der Waals surface area (Å²) >= 11 is 0. The summed E-state index contributed by atoms with van der Waals surface area (Å²) in [4.78, 5) is 24.3. The largest absolute Gasteiger partial charge is 0.463 e. The van der Waals surface area contributed by atoms with Gasteiger partial charge < -0.3 is 10.1 Å². The van der Waals surface area contributed by atoms with Crippen LogP contribution >= 0.6 is 0 Å². The summed E-state index contributed by atoms with van der Waals surface area (Å²) < 4.78 is 4.75. The average molecular weight is 242 g/mol. The molecule has 0 spiro atoms. The summed E-state index contributed by atoms with van der Waals surface area (Å²) in [5.41, 5.74) is 0. The Hall–Kier alpha value is -1.36. The predicted octanol–water partition coefficient (Wildman–Crippen LogP) is 0.564. The Morgan fingerprint density at radius 3 is 2.53 bits per heavy atom. The minimum atomic E-state index is -0.346. The third kappa shape index (κ3) is 8.45. The van der Waals surface area contributed by atoms with Gasteiger partial charge >= 0.3 is 5.97 Å². The fraction of sp³-hybridized carbons (Fsp3) is 0.667. The Balaban J connectivity index is 3.96. The Morgan fingerprint density at radius 1 is 1.29 bits per heavy atom. The molecule has 0 aliphatic rings. The van der Waals surface area contributed by atoms with Crippen molar-refractivity contribution in [3.05, 3.63) is 12.2 Å². The van der Waals surface area contributed by atoms with E-state index in [0.29, 0.717) is 26.2 Å². The van der Waals surface area contributed by atoms with E-state index in [1.165, 1.54) is 6.08 Å². The standard InChI is InChI=1S/C12H22N2O3/c1-4-13-11(15)10-14(5-2)9-7-8-12(16)17-6-3/h7-8H,4-6,9-10H2,1-3H3,(H,13,15)/b8-7+. The van der Waals surface area contributed by atoms with Gasteiger partial charge in [0.1, 0.15) is 0 Å². The summed E-state index contributed by atoms with van der Waals surface area (Å²) in [6.07, 6.45) is 3.10. The molecule has 1 N–H and O–H groups in total. The maximum atomic E-state index is 11.3. The van der Waals surface area contributed by atoms with Crippen molar-refractivity contribution < 1.29 is 14.3 Å². The lowest BCUT2D eigenvalue weighted by Gasteiger charge is -2.17. The summed E-state index contributed by atoms with van der Waals surface area (Å²) in [5, 5.41) is 2.73. The van der Waals surface area contributed by atoms with Gasteiger partial charge in [-0.3, -0.25) is 9.69 Å². The molecule has 0 rings (SSSR count). The second kappa shape index (κ2) is 9.84. The second-order valence-electron chi connectivity index (χ2n) is 3.44. The zero-order valence-electron chi connectivity index (χ0n) is 10.9. The van der Waals surface area contributed by atoms with Crippen LogP contribution in [0.4, 0.5) is 0 Å². The molecule has 0 aliphatic heterocycles. The number of hydrogen-bond acceptors (Lipinski definition) is 4. The van der Waals surface area contributed by atoms with Gasteiger partial charge in [0.05, 0.1) is 13.2 Å². The molecule has 1 amide bonds. The molecule has 0 radical (unpaired) electrons. The first kappa shape index (κ1) is 15.6. The maximum absolute atomic E-state index is 11.3. The molecule has 0 fully saturated rings. The van der Waals surface area contributed by atoms with Crippen LogP contribution in [-0.4, -0.2) is 49.6 Å². The number of rotatable bonds is 8. The number of nitrogens with one attached hydrogen (secondary N) is 1. The van der Waals surface area contributed by atoms with Crippen LogP contribution in [0.3, 0.4) is 0 Å². The third-order valence-corrected chi connectivity index (χ3v) is 2.09. The minimum Gasteiger partial charge on any atom is -0.463 e. The Labute approximate surface area is 103 Å². The first-order valence-corrected chi connectivity index (χ1v) is 5.96. The number of carbonyl (C=O) groups excluding carboxylic acids is 2. The number of carbonyl (C=O) groups is 2. The number of hydrogen-bond donors (Lipinski definition) is 1. The molecular formula is C12H22N2O3. The average Bonchev–Trinajstić information content (AvgIpc) is 2.28. The SMILES string of the molecule is CCNC(=O)CN(CC)C/C=C/C(=O)OCC. The van der Waals surface area contributed by atoms with Gasteiger partial charge in [0, 0.05) is 19.2 Å². The van der Waals surface area contributed by atoms with Gasteiger partial charge in [0.25, 0.3) is 0 Å². The van der Waals surface area contributed by atoms with Gasteiger partial charge in [0.15, 0.2) is 0 Å². The molecule has 0 aromatic heterocycles. The quantitative estimate of drug-likeness (QED) is 0.499. The second-order valence-corrected chi connectivity index (χ2v) is 3.44. The maximum Gasteiger partial charge on any atom is 0.330 e. The number of nitrogens with zero attached hydrogens (tertiary/aromatic N) is 1. The highest BCUT2D eigenvalue weighted by molar-refractivity contribution is 5.82. The van der Waals surface area contributed by atoms with Crippen molar-refractivity contribution in [1.82, 2.24) is 10.2 Å². The zero-order chi connectivity index (χ0) is 13.1. The van der Waals surface area contributed by atoms with Crippen molar-refractivity contribution in [3.8, 4) is 0 Å². The van der Waals surface area contributed by atoms with Gasteiger partial charge in [-0.15, -0.1) is 0 Å². The lowest BCUT2D eigenvalue weighted by atomic mass is 10.4. The van der Waals surface area contributed by atoms with Gasteiger partial charge in [-0.2, -0.15) is 0 Å². The molecule has 0 unspecified atom stereocenters. The molecule has 0 aliphatic carbocycles. The van der Waals surface area contributed by atoms with Crippen molar-refractivity contribution in [2.75, 3.05) is 32.8 Å². The molecular weight excluding hydrogens is 220 g/mol. The van der Waals surface area contributed by atoms with Crippen molar-refractivity contribution in [3.63, 3.8) is 0 Å². The van der Waals surface area contributed by atoms with Crippen molar-refractivity contribution in [2.45, 2.75) is 20.8 Å². The van der Waals surface area contributed by atoms with Crippen LogP contribution in [0.5, 0.6) is 0 Å². The van der Waals surface area contributed by atoms with E-state index in [9.17, 15) is 9.59 Å². The number of esters is 1. The zero-order valence-corrected chi connectivity index (χ0v) is 10.9. The van der Waals surface area contributed by atoms with E-state index in [0.717, 1.165) is 6.54 Å². The van der Waals surface area contributed by atoms with Crippen LogP contribution in [0.1, 0.15) is 20.8 Å². The highest BCUT2D eigenvalue weighted by Gasteiger charge is 2.06. The van der Waals surface area contributed by atoms with E-state index in [1.54, 1.807) is 13.0 Å². The molecule has 0 aromatic rings. The molecule has 0 bridgehead atoms. The molecule has 0 saturated carbocycles. The van der Waals surface area contributed by atoms with E-state index in [-0.39, 0.29) is 11.9 Å². The highest BCUT2D eigenvalue weighted by atomic mass is 16.5. The van der Waals surface area contributed by atoms with Gasteiger partial charge in [0.2, 0.25) is 5.91 Å². The number of likely N-dealkylation sites (N-methyl/N-ethyl adjacent to an activating group) is 2. The van der Waals surface area contributed by atoms with E-state index >= 15 is 0 Å². The first-order chi connectivity index (χ1) is 8.13. The monoisotopic (exact) mass is 242 g/mol. The lowest BCUT2D eigenvalue weighted by Crippen LogP contribution is -2.37. The Bertz CT molecular complexity index is 264. The van der Waals surface area contributed by atoms with Gasteiger partial charge in [-0.05, 0) is 20.4 Å². The summed E-state index contributed by atoms with van der Waals surface area (Å²) in [6.45, 7) is 8.29. The van der Waals surface area contributed by atoms with Crippen molar-refractivity contribution in [1.29, 1.82) is 0 Å². The van der Waals surface area contributed by atoms with Crippen LogP contribution in [0.25, 0.3) is 0 Å². The molecule has 5 nitrogen and oxygen atoms in total. The summed E-state index contributed by atoms with van der Waals surface area (Å²) in [6, 6.07) is 0. The van der Waals surface area contributed by atoms with Crippen molar-refractivity contribution in [2.24, 2.45) is 0 Å². The van der Waals surface area contributed by atoms with E-state index in [1.807, 2.05) is 18.7 Å². The van der Waals surface area contributed by atoms with Crippen molar-refractivity contribution >= 4 is 11.9 Å². The first-order valence-electron chi connectivity index (χ1n) is 5.96. The number of amides is 1. The minimum absolute atomic E-state index is 0.00103. The smallest absolute Gasteiger partial charge is 0.330 e. The molecule has 0 atom stereocenters. The molecule has 0 aromatic carbocycles. The molecule has 0 saturated heterocycles. The summed E-state index contributed by atoms with van der Waals surface area (Å²) in [5.74, 6) is -0.347. The van der Waals surface area contributed by atoms with E-state index < -0.39 is 0 Å². The lowest BCUT2D eigenvalue weighted by molar-refractivity contribution is -0.137. The molecule has 0 heterocycles. The number of ether oxygens (including phenoxy) is 1. The molecule has 98 valence electrons. The topological polar surface area (TPSA) is 58.6 Å². The molecule has 17 heavy (non-hydrogen) atoms. The molecule has 5 heteroatoms. The van der Waals surface area contributed by atoms with E-state index in [2.05, 4.69) is 5.32 Å². The van der Waals surface area contributed by atoms with Crippen LogP contribution < -0.4 is 5.32 Å². The van der Waals surface area contributed by atoms with Crippen LogP contribution in [-0.2, 0) is 14.3 Å². The van der Waals surface area contributed by atoms with Crippen LogP contribution in [0.15, 0.2) is 12.2 Å². The Kier molecular flexibility index (Phi) is 9.05. The fourth-order valence-corrected chi connectivity index (χ4v) is 1.25. The van der Waals surface area contributed by atoms with Crippen LogP contribution in [0, 0.1) is 0 Å². The fourth-order valence-electron chi connectivity index (χ4n) is 1.25.